The molecular weight excluding hydrogens is 512 g/mol. The molecule has 1 unspecified atom stereocenters. The van der Waals surface area contributed by atoms with Crippen LogP contribution in [0.4, 0.5) is 0 Å². The zero-order chi connectivity index (χ0) is 28.1. The third-order valence-corrected chi connectivity index (χ3v) is 8.19. The van der Waals surface area contributed by atoms with Gasteiger partial charge < -0.3 is 24.4 Å². The van der Waals surface area contributed by atoms with Gasteiger partial charge in [0.25, 0.3) is 11.1 Å². The number of pyridine rings is 2. The number of likely N-dealkylation sites (tertiary alicyclic amines) is 1. The number of fused-ring (bicyclic) bond motifs is 5. The van der Waals surface area contributed by atoms with Crippen molar-refractivity contribution in [2.75, 3.05) is 13.1 Å². The van der Waals surface area contributed by atoms with Crippen LogP contribution in [-0.2, 0) is 24.9 Å². The average Bonchev–Trinajstić information content (AvgIpc) is 2.92. The van der Waals surface area contributed by atoms with Crippen LogP contribution in [0.1, 0.15) is 47.5 Å². The van der Waals surface area contributed by atoms with Crippen molar-refractivity contribution in [3.63, 3.8) is 0 Å². The summed E-state index contributed by atoms with van der Waals surface area (Å²) < 4.78 is 9.44. The molecule has 1 amide bonds. The van der Waals surface area contributed by atoms with Gasteiger partial charge in [-0.2, -0.15) is 0 Å². The predicted molar refractivity (Wildman–Crippen MR) is 148 cm³/mol. The predicted octanol–water partition coefficient (Wildman–Crippen LogP) is 1.99. The Bertz CT molecular complexity index is 1820. The number of carbonyl (C=O) groups is 1. The van der Waals surface area contributed by atoms with Crippen LogP contribution in [0.15, 0.2) is 73.4 Å². The van der Waals surface area contributed by atoms with Crippen molar-refractivity contribution in [2.24, 2.45) is 18.7 Å². The van der Waals surface area contributed by atoms with Gasteiger partial charge in [-0.1, -0.05) is 24.3 Å². The number of aromatic hydroxyl groups is 1. The number of nitrogens with zero attached hydrogens (tertiary/aromatic N) is 3. The van der Waals surface area contributed by atoms with Crippen LogP contribution in [0.3, 0.4) is 0 Å². The van der Waals surface area contributed by atoms with E-state index in [2.05, 4.69) is 4.90 Å². The largest absolute Gasteiger partial charge is 0.502 e. The zero-order valence-corrected chi connectivity index (χ0v) is 22.1. The smallest absolute Gasteiger partial charge is 0.254 e. The van der Waals surface area contributed by atoms with Gasteiger partial charge in [0.05, 0.1) is 18.0 Å². The van der Waals surface area contributed by atoms with E-state index < -0.39 is 23.0 Å². The van der Waals surface area contributed by atoms with E-state index in [1.54, 1.807) is 25.2 Å². The number of para-hydroxylation sites is 1. The summed E-state index contributed by atoms with van der Waals surface area (Å²) in [5.74, 6) is -1.78. The van der Waals surface area contributed by atoms with Crippen molar-refractivity contribution in [3.8, 4) is 5.75 Å². The molecule has 2 bridgehead atoms. The number of primary amides is 1. The number of aryl methyl sites for hydroxylation is 1. The van der Waals surface area contributed by atoms with Crippen LogP contribution in [0.25, 0.3) is 10.9 Å². The van der Waals surface area contributed by atoms with Crippen molar-refractivity contribution in [3.05, 3.63) is 108 Å². The summed E-state index contributed by atoms with van der Waals surface area (Å²) in [7, 11) is 1.63. The first-order chi connectivity index (χ1) is 19.2. The second-order valence-electron chi connectivity index (χ2n) is 10.9. The molecular formula is C30H30N4O6. The van der Waals surface area contributed by atoms with Gasteiger partial charge in [-0.15, -0.1) is 0 Å². The molecule has 40 heavy (non-hydrogen) atoms. The van der Waals surface area contributed by atoms with Crippen LogP contribution in [-0.4, -0.2) is 38.1 Å². The molecule has 0 saturated carbocycles. The molecule has 0 aliphatic carbocycles. The van der Waals surface area contributed by atoms with Gasteiger partial charge in [0.2, 0.25) is 17.1 Å². The molecule has 206 valence electrons. The third-order valence-electron chi connectivity index (χ3n) is 8.19. The van der Waals surface area contributed by atoms with Crippen LogP contribution >= 0.6 is 0 Å². The highest BCUT2D eigenvalue weighted by Gasteiger charge is 2.35. The summed E-state index contributed by atoms with van der Waals surface area (Å²) in [5.41, 5.74) is 6.45. The highest BCUT2D eigenvalue weighted by Crippen LogP contribution is 2.36. The van der Waals surface area contributed by atoms with E-state index in [-0.39, 0.29) is 40.7 Å². The summed E-state index contributed by atoms with van der Waals surface area (Å²) in [6.45, 7) is 2.33. The van der Waals surface area contributed by atoms with E-state index in [1.807, 2.05) is 34.9 Å². The Balaban J connectivity index is 1.37. The zero-order valence-electron chi connectivity index (χ0n) is 22.1. The standard InChI is InChI=1S/C30H30N4O6/c1-32-23-6-3-2-5-18(23)10-22(30(32)39)21(12-26(31)36)29-28(38)25(35)11-20(40-29)16-33-13-17-9-19(15-33)24-7-4-8-27(37)34(24)14-17/h2-8,10-11,17,19,21,38H,9,12-16H2,1H3,(H2,31,36)/t17-,19+,21?/m1/s1. The second kappa shape index (κ2) is 9.95. The Morgan fingerprint density at radius 3 is 2.67 bits per heavy atom. The number of aromatic nitrogens is 2. The minimum absolute atomic E-state index is 0.00940. The highest BCUT2D eigenvalue weighted by atomic mass is 16.4. The van der Waals surface area contributed by atoms with Crippen molar-refractivity contribution < 1.29 is 14.3 Å². The maximum atomic E-state index is 13.4. The Morgan fingerprint density at radius 1 is 1.07 bits per heavy atom. The normalized spacial score (nSPS) is 19.3. The van der Waals surface area contributed by atoms with Gasteiger partial charge in [-0.25, -0.2) is 0 Å². The van der Waals surface area contributed by atoms with Gasteiger partial charge in [-0.3, -0.25) is 24.1 Å². The molecule has 2 aliphatic rings. The van der Waals surface area contributed by atoms with E-state index >= 15 is 0 Å². The van der Waals surface area contributed by atoms with Crippen molar-refractivity contribution in [1.29, 1.82) is 0 Å². The summed E-state index contributed by atoms with van der Waals surface area (Å²) in [5, 5.41) is 11.6. The number of piperidine rings is 1. The van der Waals surface area contributed by atoms with Crippen LogP contribution in [0.5, 0.6) is 5.75 Å². The fourth-order valence-corrected chi connectivity index (χ4v) is 6.46. The molecule has 10 nitrogen and oxygen atoms in total. The second-order valence-corrected chi connectivity index (χ2v) is 10.9. The molecule has 2 aliphatic heterocycles. The first-order valence-electron chi connectivity index (χ1n) is 13.3. The summed E-state index contributed by atoms with van der Waals surface area (Å²) in [4.78, 5) is 53.0. The maximum absolute atomic E-state index is 13.4. The van der Waals surface area contributed by atoms with E-state index in [4.69, 9.17) is 10.2 Å². The number of rotatable bonds is 6. The molecule has 1 saturated heterocycles. The fourth-order valence-electron chi connectivity index (χ4n) is 6.46. The van der Waals surface area contributed by atoms with Gasteiger partial charge in [-0.05, 0) is 35.9 Å². The van der Waals surface area contributed by atoms with E-state index in [0.717, 1.165) is 17.5 Å². The minimum atomic E-state index is -1.05. The molecule has 1 fully saturated rings. The molecule has 6 rings (SSSR count). The lowest BCUT2D eigenvalue weighted by molar-refractivity contribution is -0.118. The van der Waals surface area contributed by atoms with Crippen LogP contribution in [0, 0.1) is 5.92 Å². The van der Waals surface area contributed by atoms with E-state index in [9.17, 15) is 24.3 Å². The number of amides is 1. The molecule has 1 aromatic carbocycles. The lowest BCUT2D eigenvalue weighted by atomic mass is 9.83. The average molecular weight is 543 g/mol. The quantitative estimate of drug-likeness (QED) is 0.380. The molecule has 0 radical (unpaired) electrons. The SMILES string of the molecule is Cn1c(=O)c(C(CC(N)=O)c2oc(CN3C[C@H]4C[C@@H](C3)c3cccc(=O)n3C4)cc(=O)c2O)cc2ccccc21. The number of hydrogen-bond acceptors (Lipinski definition) is 7. The first-order valence-corrected chi connectivity index (χ1v) is 13.3. The van der Waals surface area contributed by atoms with E-state index in [1.165, 1.54) is 10.6 Å². The summed E-state index contributed by atoms with van der Waals surface area (Å²) >= 11 is 0. The summed E-state index contributed by atoms with van der Waals surface area (Å²) in [6.07, 6.45) is 0.656. The van der Waals surface area contributed by atoms with Crippen LogP contribution in [0.2, 0.25) is 0 Å². The molecule has 3 atom stereocenters. The molecule has 3 aromatic heterocycles. The van der Waals surface area contributed by atoms with Crippen molar-refractivity contribution >= 4 is 16.8 Å². The maximum Gasteiger partial charge on any atom is 0.254 e. The van der Waals surface area contributed by atoms with Crippen LogP contribution < -0.4 is 22.3 Å². The minimum Gasteiger partial charge on any atom is -0.502 e. The highest BCUT2D eigenvalue weighted by molar-refractivity contribution is 5.80. The van der Waals surface area contributed by atoms with Crippen molar-refractivity contribution in [1.82, 2.24) is 14.0 Å². The number of benzene rings is 1. The topological polar surface area (TPSA) is 141 Å². The lowest BCUT2D eigenvalue weighted by Crippen LogP contribution is -2.46. The first kappa shape index (κ1) is 25.8. The third kappa shape index (κ3) is 4.54. The number of hydrogen-bond donors (Lipinski definition) is 2. The molecule has 10 heteroatoms. The molecule has 4 aromatic rings. The van der Waals surface area contributed by atoms with Gasteiger partial charge in [0.15, 0.2) is 5.76 Å². The molecule has 3 N–H and O–H groups in total. The molecule has 0 spiro atoms. The lowest BCUT2D eigenvalue weighted by Gasteiger charge is -2.42. The Labute approximate surface area is 228 Å². The monoisotopic (exact) mass is 542 g/mol. The van der Waals surface area contributed by atoms with Gasteiger partial charge in [0.1, 0.15) is 5.76 Å². The molecule has 5 heterocycles. The number of carbonyl (C=O) groups excluding carboxylic acids is 1. The van der Waals surface area contributed by atoms with Crippen molar-refractivity contribution in [2.45, 2.75) is 37.8 Å². The fraction of sp³-hybridized carbons (Fsp3) is 0.333. The van der Waals surface area contributed by atoms with E-state index in [0.29, 0.717) is 37.5 Å². The Morgan fingerprint density at radius 2 is 1.88 bits per heavy atom. The number of nitrogens with two attached hydrogens (primary N) is 1. The van der Waals surface area contributed by atoms with Gasteiger partial charge >= 0.3 is 0 Å². The Kier molecular flexibility index (Phi) is 6.42. The Hall–Kier alpha value is -4.44. The summed E-state index contributed by atoms with van der Waals surface area (Å²) in [6, 6.07) is 15.6. The van der Waals surface area contributed by atoms with Gasteiger partial charge in [0, 0.05) is 62.4 Å².